The molecule has 1 aliphatic rings. The average Bonchev–Trinajstić information content (AvgIpc) is 3.09. The van der Waals surface area contributed by atoms with Crippen LogP contribution in [0.5, 0.6) is 5.75 Å². The third kappa shape index (κ3) is 4.52. The second-order valence-corrected chi connectivity index (χ2v) is 6.80. The average molecular weight is 408 g/mol. The summed E-state index contributed by atoms with van der Waals surface area (Å²) in [5.74, 6) is -0.123. The number of nitrogens with zero attached hydrogens (tertiary/aromatic N) is 1. The number of carbonyl (C=O) groups is 1. The van der Waals surface area contributed by atoms with Gasteiger partial charge in [-0.1, -0.05) is 53.2 Å². The van der Waals surface area contributed by atoms with E-state index in [0.717, 1.165) is 16.7 Å². The Kier molecular flexibility index (Phi) is 5.40. The molecule has 0 saturated carbocycles. The number of benzene rings is 3. The van der Waals surface area contributed by atoms with Crippen molar-refractivity contribution < 1.29 is 18.8 Å². The van der Waals surface area contributed by atoms with Gasteiger partial charge in [0.05, 0.1) is 5.57 Å². The predicted molar refractivity (Wildman–Crippen MR) is 109 cm³/mol. The van der Waals surface area contributed by atoms with E-state index in [1.165, 1.54) is 12.1 Å². The first kappa shape index (κ1) is 18.9. The van der Waals surface area contributed by atoms with E-state index in [9.17, 15) is 9.18 Å². The lowest BCUT2D eigenvalue weighted by molar-refractivity contribution is -0.136. The van der Waals surface area contributed by atoms with Crippen LogP contribution in [0.15, 0.2) is 83.5 Å². The van der Waals surface area contributed by atoms with Gasteiger partial charge in [0, 0.05) is 10.6 Å². The van der Waals surface area contributed by atoms with Crippen molar-refractivity contribution in [2.75, 3.05) is 0 Å². The van der Waals surface area contributed by atoms with Gasteiger partial charge in [-0.05, 0) is 53.6 Å². The fraction of sp³-hybridized carbons (Fsp3) is 0.0435. The van der Waals surface area contributed by atoms with Crippen LogP contribution in [0, 0.1) is 5.82 Å². The molecule has 144 valence electrons. The largest absolute Gasteiger partial charge is 0.489 e. The summed E-state index contributed by atoms with van der Waals surface area (Å²) in [5, 5.41) is 4.48. The number of oxime groups is 1. The third-order valence-corrected chi connectivity index (χ3v) is 4.57. The summed E-state index contributed by atoms with van der Waals surface area (Å²) < 4.78 is 18.7. The molecule has 0 spiro atoms. The van der Waals surface area contributed by atoms with Crippen LogP contribution >= 0.6 is 11.6 Å². The SMILES string of the molecule is O=C1ON=C(c2ccc(Cl)cc2)/C1=C/c1ccc(OCc2ccc(F)cc2)cc1. The second-order valence-electron chi connectivity index (χ2n) is 6.37. The molecule has 3 aromatic rings. The lowest BCUT2D eigenvalue weighted by atomic mass is 10.0. The van der Waals surface area contributed by atoms with Crippen molar-refractivity contribution in [1.29, 1.82) is 0 Å². The molecule has 3 aromatic carbocycles. The first-order chi connectivity index (χ1) is 14.1. The van der Waals surface area contributed by atoms with Crippen molar-refractivity contribution in [3.8, 4) is 5.75 Å². The zero-order valence-electron chi connectivity index (χ0n) is 15.1. The highest BCUT2D eigenvalue weighted by Crippen LogP contribution is 2.23. The van der Waals surface area contributed by atoms with E-state index in [-0.39, 0.29) is 5.82 Å². The van der Waals surface area contributed by atoms with Crippen molar-refractivity contribution in [2.45, 2.75) is 6.61 Å². The van der Waals surface area contributed by atoms with Crippen molar-refractivity contribution in [2.24, 2.45) is 5.16 Å². The van der Waals surface area contributed by atoms with Gasteiger partial charge in [0.15, 0.2) is 0 Å². The second kappa shape index (κ2) is 8.29. The molecule has 0 aliphatic carbocycles. The number of hydrogen-bond acceptors (Lipinski definition) is 4. The Labute approximate surface area is 171 Å². The van der Waals surface area contributed by atoms with E-state index in [2.05, 4.69) is 5.16 Å². The molecule has 1 aliphatic heterocycles. The van der Waals surface area contributed by atoms with Crippen LogP contribution in [0.2, 0.25) is 5.02 Å². The summed E-state index contributed by atoms with van der Waals surface area (Å²) in [4.78, 5) is 16.9. The van der Waals surface area contributed by atoms with E-state index in [4.69, 9.17) is 21.2 Å². The summed E-state index contributed by atoms with van der Waals surface area (Å²) >= 11 is 5.92. The van der Waals surface area contributed by atoms with Gasteiger partial charge in [-0.15, -0.1) is 0 Å². The zero-order chi connectivity index (χ0) is 20.2. The molecule has 0 bridgehead atoms. The molecular weight excluding hydrogens is 393 g/mol. The summed E-state index contributed by atoms with van der Waals surface area (Å²) in [5.41, 5.74) is 3.24. The van der Waals surface area contributed by atoms with Gasteiger partial charge in [0.2, 0.25) is 0 Å². The van der Waals surface area contributed by atoms with Gasteiger partial charge in [-0.2, -0.15) is 0 Å². The highest BCUT2D eigenvalue weighted by Gasteiger charge is 2.26. The van der Waals surface area contributed by atoms with Crippen LogP contribution in [-0.2, 0) is 16.2 Å². The fourth-order valence-electron chi connectivity index (χ4n) is 2.80. The van der Waals surface area contributed by atoms with Crippen molar-refractivity contribution in [1.82, 2.24) is 0 Å². The topological polar surface area (TPSA) is 47.9 Å². The van der Waals surface area contributed by atoms with Gasteiger partial charge < -0.3 is 9.57 Å². The molecule has 4 nitrogen and oxygen atoms in total. The maximum Gasteiger partial charge on any atom is 0.368 e. The Morgan fingerprint density at radius 3 is 2.34 bits per heavy atom. The van der Waals surface area contributed by atoms with Gasteiger partial charge >= 0.3 is 5.97 Å². The lowest BCUT2D eigenvalue weighted by Gasteiger charge is -2.07. The highest BCUT2D eigenvalue weighted by atomic mass is 35.5. The van der Waals surface area contributed by atoms with Crippen LogP contribution in [0.4, 0.5) is 4.39 Å². The molecule has 0 N–H and O–H groups in total. The van der Waals surface area contributed by atoms with E-state index in [0.29, 0.717) is 28.7 Å². The molecule has 4 rings (SSSR count). The Hall–Kier alpha value is -3.44. The maximum atomic E-state index is 12.9. The normalized spacial score (nSPS) is 14.6. The summed E-state index contributed by atoms with van der Waals surface area (Å²) in [6.07, 6.45) is 1.71. The zero-order valence-corrected chi connectivity index (χ0v) is 15.9. The highest BCUT2D eigenvalue weighted by molar-refractivity contribution is 6.32. The predicted octanol–water partition coefficient (Wildman–Crippen LogP) is 5.40. The number of halogens is 2. The number of ether oxygens (including phenoxy) is 1. The van der Waals surface area contributed by atoms with Crippen molar-refractivity contribution in [3.05, 3.63) is 106 Å². The molecule has 1 heterocycles. The van der Waals surface area contributed by atoms with Gasteiger partial charge in [0.1, 0.15) is 23.9 Å². The van der Waals surface area contributed by atoms with Crippen LogP contribution < -0.4 is 4.74 Å². The first-order valence-corrected chi connectivity index (χ1v) is 9.21. The van der Waals surface area contributed by atoms with Crippen LogP contribution in [0.1, 0.15) is 16.7 Å². The standard InChI is InChI=1S/C23H15ClFNO3/c24-18-7-5-17(6-8-18)22-21(23(27)29-26-22)13-15-3-11-20(12-4-15)28-14-16-1-9-19(25)10-2-16/h1-13H,14H2/b21-13-. The molecule has 29 heavy (non-hydrogen) atoms. The smallest absolute Gasteiger partial charge is 0.368 e. The Balaban J connectivity index is 1.48. The lowest BCUT2D eigenvalue weighted by Crippen LogP contribution is -2.06. The minimum absolute atomic E-state index is 0.280. The summed E-state index contributed by atoms with van der Waals surface area (Å²) in [6.45, 7) is 0.334. The third-order valence-electron chi connectivity index (χ3n) is 4.32. The fourth-order valence-corrected chi connectivity index (χ4v) is 2.93. The Morgan fingerprint density at radius 1 is 0.966 bits per heavy atom. The monoisotopic (exact) mass is 407 g/mol. The van der Waals surface area contributed by atoms with E-state index in [1.807, 2.05) is 12.1 Å². The van der Waals surface area contributed by atoms with E-state index in [1.54, 1.807) is 54.6 Å². The number of rotatable bonds is 5. The van der Waals surface area contributed by atoms with Gasteiger partial charge in [-0.25, -0.2) is 9.18 Å². The molecular formula is C23H15ClFNO3. The quantitative estimate of drug-likeness (QED) is 0.420. The van der Waals surface area contributed by atoms with E-state index >= 15 is 0 Å². The van der Waals surface area contributed by atoms with Gasteiger partial charge in [-0.3, -0.25) is 0 Å². The molecule has 6 heteroatoms. The molecule has 0 atom stereocenters. The number of hydrogen-bond donors (Lipinski definition) is 0. The van der Waals surface area contributed by atoms with Crippen LogP contribution in [0.3, 0.4) is 0 Å². The minimum atomic E-state index is -0.508. The van der Waals surface area contributed by atoms with Gasteiger partial charge in [0.25, 0.3) is 0 Å². The van der Waals surface area contributed by atoms with Crippen molar-refractivity contribution in [3.63, 3.8) is 0 Å². The summed E-state index contributed by atoms with van der Waals surface area (Å²) in [7, 11) is 0. The molecule has 0 saturated heterocycles. The van der Waals surface area contributed by atoms with Crippen LogP contribution in [-0.4, -0.2) is 11.7 Å². The molecule has 0 radical (unpaired) electrons. The molecule has 0 fully saturated rings. The first-order valence-electron chi connectivity index (χ1n) is 8.83. The molecule has 0 aromatic heterocycles. The molecule has 0 amide bonds. The van der Waals surface area contributed by atoms with E-state index < -0.39 is 5.97 Å². The Morgan fingerprint density at radius 2 is 1.66 bits per heavy atom. The Bertz CT molecular complexity index is 1090. The van der Waals surface area contributed by atoms with Crippen LogP contribution in [0.25, 0.3) is 6.08 Å². The van der Waals surface area contributed by atoms with Crippen molar-refractivity contribution >= 4 is 29.4 Å². The summed E-state index contributed by atoms with van der Waals surface area (Å²) in [6, 6.07) is 20.4. The minimum Gasteiger partial charge on any atom is -0.489 e. The molecule has 0 unspecified atom stereocenters. The number of carbonyl (C=O) groups excluding carboxylic acids is 1. The maximum absolute atomic E-state index is 12.9.